The van der Waals surface area contributed by atoms with Crippen LogP contribution in [0.15, 0.2) is 24.3 Å². The summed E-state index contributed by atoms with van der Waals surface area (Å²) in [6, 6.07) is 7.17. The molecule has 0 radical (unpaired) electrons. The van der Waals surface area contributed by atoms with Gasteiger partial charge in [-0.1, -0.05) is 18.2 Å². The lowest BCUT2D eigenvalue weighted by Crippen LogP contribution is -2.27. The van der Waals surface area contributed by atoms with E-state index in [0.29, 0.717) is 18.2 Å². The Balaban J connectivity index is 2.33. The molecule has 0 amide bonds. The molecule has 0 saturated carbocycles. The van der Waals surface area contributed by atoms with Crippen LogP contribution in [0.3, 0.4) is 0 Å². The quantitative estimate of drug-likeness (QED) is 0.779. The van der Waals surface area contributed by atoms with Crippen molar-refractivity contribution in [1.29, 1.82) is 0 Å². The predicted molar refractivity (Wildman–Crippen MR) is 59.2 cm³/mol. The van der Waals surface area contributed by atoms with Crippen molar-refractivity contribution in [1.82, 2.24) is 5.32 Å². The minimum atomic E-state index is -0.149. The van der Waals surface area contributed by atoms with E-state index in [4.69, 9.17) is 4.74 Å². The van der Waals surface area contributed by atoms with Crippen LogP contribution in [0.2, 0.25) is 0 Å². The van der Waals surface area contributed by atoms with Crippen LogP contribution in [0.1, 0.15) is 18.9 Å². The molecule has 1 atom stereocenters. The monoisotopic (exact) mass is 211 g/mol. The molecule has 1 rings (SSSR count). The Bertz CT molecular complexity index is 291. The van der Waals surface area contributed by atoms with Gasteiger partial charge in [0, 0.05) is 31.9 Å². The first-order chi connectivity index (χ1) is 7.24. The van der Waals surface area contributed by atoms with Crippen molar-refractivity contribution >= 4 is 0 Å². The number of nitrogens with one attached hydrogen (secondary N) is 1. The van der Waals surface area contributed by atoms with Gasteiger partial charge < -0.3 is 10.1 Å². The minimum Gasteiger partial charge on any atom is -0.385 e. The minimum absolute atomic E-state index is 0.149. The second-order valence-electron chi connectivity index (χ2n) is 3.65. The highest BCUT2D eigenvalue weighted by Crippen LogP contribution is 2.06. The molecular weight excluding hydrogens is 193 g/mol. The third-order valence-electron chi connectivity index (χ3n) is 2.35. The second kappa shape index (κ2) is 6.53. The van der Waals surface area contributed by atoms with Crippen molar-refractivity contribution in [2.75, 3.05) is 13.7 Å². The predicted octanol–water partition coefficient (Wildman–Crippen LogP) is 2.34. The van der Waals surface area contributed by atoms with Gasteiger partial charge in [0.2, 0.25) is 0 Å². The third kappa shape index (κ3) is 4.40. The first kappa shape index (κ1) is 12.1. The Labute approximate surface area is 90.4 Å². The summed E-state index contributed by atoms with van der Waals surface area (Å²) in [5.74, 6) is -0.149. The zero-order chi connectivity index (χ0) is 11.1. The molecular formula is C12H18FNO. The number of hydrogen-bond donors (Lipinski definition) is 1. The molecule has 0 saturated heterocycles. The van der Waals surface area contributed by atoms with E-state index >= 15 is 0 Å². The summed E-state index contributed by atoms with van der Waals surface area (Å²) in [6.45, 7) is 3.36. The van der Waals surface area contributed by atoms with Crippen LogP contribution in [-0.4, -0.2) is 19.8 Å². The van der Waals surface area contributed by atoms with E-state index < -0.39 is 0 Å². The molecule has 0 aliphatic rings. The van der Waals surface area contributed by atoms with Crippen LogP contribution in [0.25, 0.3) is 0 Å². The van der Waals surface area contributed by atoms with Crippen molar-refractivity contribution in [3.63, 3.8) is 0 Å². The average Bonchev–Trinajstić information content (AvgIpc) is 2.25. The number of ether oxygens (including phenoxy) is 1. The van der Waals surface area contributed by atoms with Gasteiger partial charge in [-0.15, -0.1) is 0 Å². The second-order valence-corrected chi connectivity index (χ2v) is 3.65. The van der Waals surface area contributed by atoms with Gasteiger partial charge in [-0.25, -0.2) is 4.39 Å². The van der Waals surface area contributed by atoms with Crippen LogP contribution in [0.5, 0.6) is 0 Å². The van der Waals surface area contributed by atoms with Crippen molar-refractivity contribution in [2.45, 2.75) is 25.9 Å². The fourth-order valence-corrected chi connectivity index (χ4v) is 1.32. The fourth-order valence-electron chi connectivity index (χ4n) is 1.32. The molecule has 0 aliphatic carbocycles. The van der Waals surface area contributed by atoms with E-state index in [9.17, 15) is 4.39 Å². The van der Waals surface area contributed by atoms with Gasteiger partial charge >= 0.3 is 0 Å². The Morgan fingerprint density at radius 3 is 2.80 bits per heavy atom. The number of rotatable bonds is 6. The fraction of sp³-hybridized carbons (Fsp3) is 0.500. The molecule has 0 heterocycles. The van der Waals surface area contributed by atoms with E-state index in [0.717, 1.165) is 13.0 Å². The molecule has 3 heteroatoms. The summed E-state index contributed by atoms with van der Waals surface area (Å²) in [4.78, 5) is 0. The highest BCUT2D eigenvalue weighted by molar-refractivity contribution is 5.16. The van der Waals surface area contributed by atoms with E-state index in [1.54, 1.807) is 19.2 Å². The molecule has 0 fully saturated rings. The number of benzene rings is 1. The Hall–Kier alpha value is -0.930. The van der Waals surface area contributed by atoms with Gasteiger partial charge in [-0.2, -0.15) is 0 Å². The summed E-state index contributed by atoms with van der Waals surface area (Å²) in [6.07, 6.45) is 0.935. The molecule has 1 aromatic rings. The van der Waals surface area contributed by atoms with Gasteiger partial charge in [-0.05, 0) is 19.4 Å². The third-order valence-corrected chi connectivity index (χ3v) is 2.35. The average molecular weight is 211 g/mol. The molecule has 1 N–H and O–H groups in total. The Morgan fingerprint density at radius 1 is 1.40 bits per heavy atom. The summed E-state index contributed by atoms with van der Waals surface area (Å²) < 4.78 is 18.2. The van der Waals surface area contributed by atoms with Crippen molar-refractivity contribution in [3.05, 3.63) is 35.6 Å². The number of halogens is 1. The maximum atomic E-state index is 13.2. The van der Waals surface area contributed by atoms with E-state index in [2.05, 4.69) is 12.2 Å². The highest BCUT2D eigenvalue weighted by Gasteiger charge is 2.03. The van der Waals surface area contributed by atoms with Crippen LogP contribution in [-0.2, 0) is 11.3 Å². The van der Waals surface area contributed by atoms with Gasteiger partial charge in [0.05, 0.1) is 0 Å². The van der Waals surface area contributed by atoms with Crippen molar-refractivity contribution in [2.24, 2.45) is 0 Å². The largest absolute Gasteiger partial charge is 0.385 e. The molecule has 15 heavy (non-hydrogen) atoms. The zero-order valence-corrected chi connectivity index (χ0v) is 9.29. The van der Waals surface area contributed by atoms with E-state index in [-0.39, 0.29) is 5.82 Å². The topological polar surface area (TPSA) is 21.3 Å². The molecule has 84 valence electrons. The lowest BCUT2D eigenvalue weighted by Gasteiger charge is -2.13. The summed E-state index contributed by atoms with van der Waals surface area (Å²) in [5, 5.41) is 3.25. The van der Waals surface area contributed by atoms with Crippen molar-refractivity contribution in [3.8, 4) is 0 Å². The maximum Gasteiger partial charge on any atom is 0.127 e. The molecule has 2 nitrogen and oxygen atoms in total. The van der Waals surface area contributed by atoms with Crippen LogP contribution in [0, 0.1) is 5.82 Å². The first-order valence-electron chi connectivity index (χ1n) is 5.19. The summed E-state index contributed by atoms with van der Waals surface area (Å²) in [5.41, 5.74) is 0.710. The molecule has 0 spiro atoms. The lowest BCUT2D eigenvalue weighted by atomic mass is 10.2. The van der Waals surface area contributed by atoms with Gasteiger partial charge in [0.1, 0.15) is 5.82 Å². The van der Waals surface area contributed by atoms with Gasteiger partial charge in [0.15, 0.2) is 0 Å². The molecule has 0 bridgehead atoms. The Morgan fingerprint density at radius 2 is 2.13 bits per heavy atom. The highest BCUT2D eigenvalue weighted by atomic mass is 19.1. The molecule has 0 aromatic heterocycles. The van der Waals surface area contributed by atoms with Gasteiger partial charge in [0.25, 0.3) is 0 Å². The SMILES string of the molecule is COCCC(C)NCc1ccccc1F. The standard InChI is InChI=1S/C12H18FNO/c1-10(7-8-15-2)14-9-11-5-3-4-6-12(11)13/h3-6,10,14H,7-9H2,1-2H3. The lowest BCUT2D eigenvalue weighted by molar-refractivity contribution is 0.184. The number of methoxy groups -OCH3 is 1. The Kier molecular flexibility index (Phi) is 5.29. The number of hydrogen-bond acceptors (Lipinski definition) is 2. The normalized spacial score (nSPS) is 12.7. The van der Waals surface area contributed by atoms with Gasteiger partial charge in [-0.3, -0.25) is 0 Å². The maximum absolute atomic E-state index is 13.2. The van der Waals surface area contributed by atoms with Crippen LogP contribution in [0.4, 0.5) is 4.39 Å². The van der Waals surface area contributed by atoms with Crippen LogP contribution < -0.4 is 5.32 Å². The molecule has 1 aromatic carbocycles. The van der Waals surface area contributed by atoms with Crippen molar-refractivity contribution < 1.29 is 9.13 Å². The van der Waals surface area contributed by atoms with E-state index in [1.165, 1.54) is 6.07 Å². The summed E-state index contributed by atoms with van der Waals surface area (Å²) >= 11 is 0. The molecule has 0 aliphatic heterocycles. The zero-order valence-electron chi connectivity index (χ0n) is 9.29. The van der Waals surface area contributed by atoms with E-state index in [1.807, 2.05) is 6.07 Å². The van der Waals surface area contributed by atoms with Crippen LogP contribution >= 0.6 is 0 Å². The molecule has 1 unspecified atom stereocenters. The summed E-state index contributed by atoms with van der Waals surface area (Å²) in [7, 11) is 1.68. The smallest absolute Gasteiger partial charge is 0.127 e. The first-order valence-corrected chi connectivity index (χ1v) is 5.19.